The molecule has 0 aliphatic carbocycles. The SMILES string of the molecule is CNCCN(C)CCS(=O)(=O)O. The van der Waals surface area contributed by atoms with Crippen molar-refractivity contribution in [3.05, 3.63) is 0 Å². The lowest BCUT2D eigenvalue weighted by atomic mass is 10.5. The van der Waals surface area contributed by atoms with Gasteiger partial charge in [0.05, 0.1) is 5.75 Å². The van der Waals surface area contributed by atoms with E-state index in [9.17, 15) is 8.42 Å². The highest BCUT2D eigenvalue weighted by Crippen LogP contribution is 1.86. The lowest BCUT2D eigenvalue weighted by Crippen LogP contribution is -2.31. The Morgan fingerprint density at radius 1 is 1.42 bits per heavy atom. The molecule has 0 spiro atoms. The lowest BCUT2D eigenvalue weighted by molar-refractivity contribution is 0.349. The molecular weight excluding hydrogens is 180 g/mol. The summed E-state index contributed by atoms with van der Waals surface area (Å²) in [5, 5.41) is 2.94. The molecule has 12 heavy (non-hydrogen) atoms. The van der Waals surface area contributed by atoms with Gasteiger partial charge in [0.1, 0.15) is 0 Å². The van der Waals surface area contributed by atoms with E-state index in [1.54, 1.807) is 0 Å². The van der Waals surface area contributed by atoms with Crippen LogP contribution in [0.15, 0.2) is 0 Å². The van der Waals surface area contributed by atoms with Crippen LogP contribution in [0.2, 0.25) is 0 Å². The third-order valence-corrected chi connectivity index (χ3v) is 2.17. The Labute approximate surface area is 73.5 Å². The van der Waals surface area contributed by atoms with Gasteiger partial charge in [-0.1, -0.05) is 0 Å². The zero-order valence-electron chi connectivity index (χ0n) is 7.45. The van der Waals surface area contributed by atoms with Crippen LogP contribution in [0.3, 0.4) is 0 Å². The van der Waals surface area contributed by atoms with Crippen molar-refractivity contribution >= 4 is 10.1 Å². The van der Waals surface area contributed by atoms with E-state index in [2.05, 4.69) is 5.32 Å². The normalized spacial score (nSPS) is 12.3. The van der Waals surface area contributed by atoms with Crippen LogP contribution < -0.4 is 5.32 Å². The zero-order valence-corrected chi connectivity index (χ0v) is 8.26. The number of rotatable bonds is 6. The maximum Gasteiger partial charge on any atom is 0.266 e. The number of likely N-dealkylation sites (N-methyl/N-ethyl adjacent to an activating group) is 2. The van der Waals surface area contributed by atoms with Crippen LogP contribution >= 0.6 is 0 Å². The molecule has 0 atom stereocenters. The van der Waals surface area contributed by atoms with Crippen molar-refractivity contribution in [2.75, 3.05) is 39.5 Å². The molecule has 0 fully saturated rings. The molecule has 0 amide bonds. The van der Waals surface area contributed by atoms with Gasteiger partial charge in [-0.15, -0.1) is 0 Å². The van der Waals surface area contributed by atoms with Gasteiger partial charge in [0, 0.05) is 19.6 Å². The summed E-state index contributed by atoms with van der Waals surface area (Å²) in [4.78, 5) is 1.84. The first-order chi connectivity index (χ1) is 5.45. The average molecular weight is 196 g/mol. The summed E-state index contributed by atoms with van der Waals surface area (Å²) in [6.45, 7) is 1.94. The summed E-state index contributed by atoms with van der Waals surface area (Å²) < 4.78 is 29.1. The van der Waals surface area contributed by atoms with E-state index in [1.165, 1.54) is 0 Å². The van der Waals surface area contributed by atoms with Gasteiger partial charge >= 0.3 is 0 Å². The topological polar surface area (TPSA) is 69.6 Å². The highest BCUT2D eigenvalue weighted by Gasteiger charge is 2.06. The van der Waals surface area contributed by atoms with E-state index in [-0.39, 0.29) is 5.75 Å². The van der Waals surface area contributed by atoms with Crippen molar-refractivity contribution in [2.24, 2.45) is 0 Å². The predicted molar refractivity (Wildman–Crippen MR) is 47.8 cm³/mol. The van der Waals surface area contributed by atoms with E-state index in [0.29, 0.717) is 6.54 Å². The first-order valence-corrected chi connectivity index (χ1v) is 5.35. The summed E-state index contributed by atoms with van der Waals surface area (Å²) >= 11 is 0. The van der Waals surface area contributed by atoms with Crippen molar-refractivity contribution in [1.82, 2.24) is 10.2 Å². The van der Waals surface area contributed by atoms with Gasteiger partial charge in [-0.25, -0.2) is 0 Å². The Morgan fingerprint density at radius 3 is 2.42 bits per heavy atom. The van der Waals surface area contributed by atoms with Gasteiger partial charge in [-0.3, -0.25) is 4.55 Å². The van der Waals surface area contributed by atoms with Gasteiger partial charge in [0.25, 0.3) is 10.1 Å². The largest absolute Gasteiger partial charge is 0.318 e. The monoisotopic (exact) mass is 196 g/mol. The minimum absolute atomic E-state index is 0.201. The van der Waals surface area contributed by atoms with E-state index in [0.717, 1.165) is 13.1 Å². The molecular formula is C6H16N2O3S. The van der Waals surface area contributed by atoms with Crippen molar-refractivity contribution in [3.63, 3.8) is 0 Å². The summed E-state index contributed by atoms with van der Waals surface area (Å²) in [6, 6.07) is 0. The summed E-state index contributed by atoms with van der Waals surface area (Å²) in [5.74, 6) is -0.201. The number of nitrogens with one attached hydrogen (secondary N) is 1. The van der Waals surface area contributed by atoms with Gasteiger partial charge in [0.15, 0.2) is 0 Å². The Kier molecular flexibility index (Phi) is 5.39. The molecule has 0 aliphatic rings. The second-order valence-corrected chi connectivity index (χ2v) is 4.26. The standard InChI is InChI=1S/C6H16N2O3S/c1-7-3-4-8(2)5-6-12(9,10)11/h7H,3-6H2,1-2H3,(H,9,10,11). The second-order valence-electron chi connectivity index (χ2n) is 2.69. The molecule has 0 aromatic carbocycles. The maximum absolute atomic E-state index is 10.3. The van der Waals surface area contributed by atoms with E-state index >= 15 is 0 Å². The number of hydrogen-bond acceptors (Lipinski definition) is 4. The Hall–Kier alpha value is -0.170. The van der Waals surface area contributed by atoms with Crippen LogP contribution in [0.25, 0.3) is 0 Å². The van der Waals surface area contributed by atoms with Gasteiger partial charge in [-0.05, 0) is 14.1 Å². The third kappa shape index (κ3) is 7.93. The van der Waals surface area contributed by atoms with E-state index < -0.39 is 10.1 Å². The van der Waals surface area contributed by atoms with E-state index in [4.69, 9.17) is 4.55 Å². The fourth-order valence-corrected chi connectivity index (χ4v) is 1.23. The molecule has 0 aromatic heterocycles. The quantitative estimate of drug-likeness (QED) is 0.535. The molecule has 74 valence electrons. The summed E-state index contributed by atoms with van der Waals surface area (Å²) in [5.41, 5.74) is 0. The Morgan fingerprint density at radius 2 is 2.00 bits per heavy atom. The van der Waals surface area contributed by atoms with Crippen molar-refractivity contribution in [2.45, 2.75) is 0 Å². The summed E-state index contributed by atoms with van der Waals surface area (Å²) in [6.07, 6.45) is 0. The number of nitrogens with zero attached hydrogens (tertiary/aromatic N) is 1. The van der Waals surface area contributed by atoms with Crippen molar-refractivity contribution < 1.29 is 13.0 Å². The third-order valence-electron chi connectivity index (χ3n) is 1.47. The predicted octanol–water partition coefficient (Wildman–Crippen LogP) is -0.975. The maximum atomic E-state index is 10.3. The van der Waals surface area contributed by atoms with E-state index in [1.807, 2.05) is 19.0 Å². The fraction of sp³-hybridized carbons (Fsp3) is 1.00. The van der Waals surface area contributed by atoms with Crippen LogP contribution in [-0.4, -0.2) is 57.4 Å². The van der Waals surface area contributed by atoms with Crippen LogP contribution in [0.1, 0.15) is 0 Å². The summed E-state index contributed by atoms with van der Waals surface area (Å²) in [7, 11) is -0.168. The van der Waals surface area contributed by atoms with Gasteiger partial charge in [0.2, 0.25) is 0 Å². The Bertz CT molecular complexity index is 203. The van der Waals surface area contributed by atoms with Crippen LogP contribution in [0.4, 0.5) is 0 Å². The molecule has 0 aromatic rings. The van der Waals surface area contributed by atoms with Crippen molar-refractivity contribution in [1.29, 1.82) is 0 Å². The fourth-order valence-electron chi connectivity index (χ4n) is 0.686. The molecule has 0 saturated carbocycles. The molecule has 0 aliphatic heterocycles. The molecule has 5 nitrogen and oxygen atoms in total. The first kappa shape index (κ1) is 11.8. The molecule has 0 rings (SSSR count). The second kappa shape index (κ2) is 5.47. The minimum Gasteiger partial charge on any atom is -0.318 e. The lowest BCUT2D eigenvalue weighted by Gasteiger charge is -2.14. The van der Waals surface area contributed by atoms with Crippen LogP contribution in [0, 0.1) is 0 Å². The minimum atomic E-state index is -3.81. The highest BCUT2D eigenvalue weighted by molar-refractivity contribution is 7.85. The molecule has 0 unspecified atom stereocenters. The highest BCUT2D eigenvalue weighted by atomic mass is 32.2. The average Bonchev–Trinajstić information content (AvgIpc) is 1.95. The van der Waals surface area contributed by atoms with Gasteiger partial charge in [-0.2, -0.15) is 8.42 Å². The molecule has 2 N–H and O–H groups in total. The molecule has 6 heteroatoms. The Balaban J connectivity index is 3.51. The molecule has 0 saturated heterocycles. The smallest absolute Gasteiger partial charge is 0.266 e. The molecule has 0 radical (unpaired) electrons. The van der Waals surface area contributed by atoms with Gasteiger partial charge < -0.3 is 10.2 Å². The first-order valence-electron chi connectivity index (χ1n) is 3.74. The number of hydrogen-bond donors (Lipinski definition) is 2. The van der Waals surface area contributed by atoms with Crippen LogP contribution in [0.5, 0.6) is 0 Å². The van der Waals surface area contributed by atoms with Crippen LogP contribution in [-0.2, 0) is 10.1 Å². The molecule has 0 heterocycles. The molecule has 0 bridgehead atoms. The zero-order chi connectivity index (χ0) is 9.61. The van der Waals surface area contributed by atoms with Crippen molar-refractivity contribution in [3.8, 4) is 0 Å².